The minimum absolute atomic E-state index is 0. The number of fused-ring (bicyclic) bond motifs is 6. The van der Waals surface area contributed by atoms with Crippen molar-refractivity contribution in [2.45, 2.75) is 151 Å². The van der Waals surface area contributed by atoms with E-state index in [4.69, 9.17) is 32.7 Å². The molecule has 2 aliphatic rings. The molecule has 1 aliphatic heterocycles. The molecule has 11 aromatic carbocycles. The van der Waals surface area contributed by atoms with Gasteiger partial charge < -0.3 is 19.2 Å². The Morgan fingerprint density at radius 1 is 0.480 bits per heavy atom. The van der Waals surface area contributed by atoms with Crippen molar-refractivity contribution in [2.24, 2.45) is 5.92 Å². The lowest BCUT2D eigenvalue weighted by atomic mass is 9.86. The van der Waals surface area contributed by atoms with Gasteiger partial charge in [0, 0.05) is 84.8 Å². The molecule has 0 amide bonds. The highest BCUT2D eigenvalue weighted by Crippen LogP contribution is 2.43. The lowest BCUT2D eigenvalue weighted by Crippen LogP contribution is -2.20. The average molecular weight is 1700 g/mol. The van der Waals surface area contributed by atoms with Crippen molar-refractivity contribution in [1.29, 1.82) is 0 Å². The fourth-order valence-electron chi connectivity index (χ4n) is 14.8. The molecule has 0 saturated carbocycles. The van der Waals surface area contributed by atoms with E-state index >= 15 is 0 Å². The van der Waals surface area contributed by atoms with Crippen LogP contribution < -0.4 is 14.8 Å². The summed E-state index contributed by atoms with van der Waals surface area (Å²) in [5.41, 5.74) is 19.6. The van der Waals surface area contributed by atoms with E-state index in [1.165, 1.54) is 60.3 Å². The Morgan fingerprint density at radius 3 is 1.64 bits per heavy atom. The van der Waals surface area contributed by atoms with Crippen LogP contribution in [0.5, 0.6) is 11.5 Å². The van der Waals surface area contributed by atoms with Crippen LogP contribution in [0.4, 0.5) is 10.1 Å². The lowest BCUT2D eigenvalue weighted by molar-refractivity contribution is 0.0961. The van der Waals surface area contributed by atoms with Crippen LogP contribution >= 0.6 is 34.5 Å². The molecule has 2 unspecified atom stereocenters. The van der Waals surface area contributed by atoms with E-state index in [0.29, 0.717) is 69.5 Å². The Labute approximate surface area is 742 Å². The molecule has 13 heteroatoms. The zero-order valence-corrected chi connectivity index (χ0v) is 76.0. The first kappa shape index (κ1) is 91.7. The third-order valence-electron chi connectivity index (χ3n) is 22.0. The molecule has 4 aromatic heterocycles. The topological polar surface area (TPSA) is 104 Å². The van der Waals surface area contributed by atoms with E-state index in [2.05, 4.69) is 204 Å². The number of hydrogen-bond acceptors (Lipinski definition) is 8. The summed E-state index contributed by atoms with van der Waals surface area (Å²) in [6, 6.07) is 92.6. The molecule has 17 rings (SSSR count). The number of nitrogens with zero attached hydrogens (tertiary/aromatic N) is 3. The molecule has 1 aliphatic carbocycles. The molecule has 15 aromatic rings. The number of imidazole rings is 1. The summed E-state index contributed by atoms with van der Waals surface area (Å²) in [6.07, 6.45) is 11.0. The molecule has 9 nitrogen and oxygen atoms in total. The summed E-state index contributed by atoms with van der Waals surface area (Å²) in [5, 5.41) is 8.57. The summed E-state index contributed by atoms with van der Waals surface area (Å²) in [6.45, 7) is 32.3. The number of carbonyl (C=O) groups is 3. The van der Waals surface area contributed by atoms with Gasteiger partial charge in [0.2, 0.25) is 5.78 Å². The maximum absolute atomic E-state index is 13.9. The van der Waals surface area contributed by atoms with Crippen LogP contribution in [0.25, 0.3) is 49.7 Å². The Kier molecular flexibility index (Phi) is 32.2. The van der Waals surface area contributed by atoms with Crippen molar-refractivity contribution in [3.63, 3.8) is 0 Å². The van der Waals surface area contributed by atoms with Gasteiger partial charge >= 0.3 is 0 Å². The largest absolute Gasteiger partial charge is 0.497 e. The van der Waals surface area contributed by atoms with Gasteiger partial charge in [0.25, 0.3) is 5.91 Å². The van der Waals surface area contributed by atoms with E-state index in [-0.39, 0.29) is 24.7 Å². The van der Waals surface area contributed by atoms with Crippen LogP contribution in [0.15, 0.2) is 321 Å². The quantitative estimate of drug-likeness (QED) is 0.0961. The molecule has 123 heavy (non-hydrogen) atoms. The first-order chi connectivity index (χ1) is 59.1. The van der Waals surface area contributed by atoms with Crippen molar-refractivity contribution in [3.05, 3.63) is 408 Å². The summed E-state index contributed by atoms with van der Waals surface area (Å²) in [7, 11) is 3.35. The van der Waals surface area contributed by atoms with Crippen LogP contribution in [-0.4, -0.2) is 51.7 Å². The highest BCUT2D eigenvalue weighted by molar-refractivity contribution is 7.14. The van der Waals surface area contributed by atoms with Crippen LogP contribution in [0, 0.1) is 18.7 Å². The van der Waals surface area contributed by atoms with Gasteiger partial charge in [-0.15, -0.1) is 11.3 Å². The third-order valence-corrected chi connectivity index (χ3v) is 23.8. The number of halogens is 3. The van der Waals surface area contributed by atoms with Crippen LogP contribution in [0.3, 0.4) is 0 Å². The number of aromatic nitrogens is 3. The van der Waals surface area contributed by atoms with Crippen LogP contribution in [0.2, 0.25) is 10.0 Å². The fraction of sp³-hybridized carbons (Fsp3) is 0.236. The highest BCUT2D eigenvalue weighted by Gasteiger charge is 2.32. The zero-order valence-electron chi connectivity index (χ0n) is 73.6. The number of ketones is 2. The number of allylic oxidation sites excluding steroid dienone is 2. The van der Waals surface area contributed by atoms with E-state index in [1.807, 2.05) is 200 Å². The highest BCUT2D eigenvalue weighted by atomic mass is 35.5. The van der Waals surface area contributed by atoms with Gasteiger partial charge in [-0.25, -0.2) is 9.37 Å². The van der Waals surface area contributed by atoms with Crippen molar-refractivity contribution in [3.8, 4) is 33.9 Å². The van der Waals surface area contributed by atoms with Crippen molar-refractivity contribution in [2.75, 3.05) is 19.5 Å². The van der Waals surface area contributed by atoms with Gasteiger partial charge in [-0.05, 0) is 213 Å². The van der Waals surface area contributed by atoms with Gasteiger partial charge in [-0.2, -0.15) is 0 Å². The Morgan fingerprint density at radius 2 is 1.04 bits per heavy atom. The molecular weight excluding hydrogens is 1580 g/mol. The number of methoxy groups -OCH3 is 2. The van der Waals surface area contributed by atoms with Crippen molar-refractivity contribution in [1.82, 2.24) is 14.0 Å². The third kappa shape index (κ3) is 23.8. The molecule has 5 heterocycles. The van der Waals surface area contributed by atoms with Gasteiger partial charge in [0.1, 0.15) is 23.0 Å². The summed E-state index contributed by atoms with van der Waals surface area (Å²) in [4.78, 5) is 44.1. The molecule has 1 N–H and O–H groups in total. The van der Waals surface area contributed by atoms with E-state index in [0.717, 1.165) is 77.2 Å². The number of nitrogens with one attached hydrogen (secondary N) is 1. The number of rotatable bonds is 16. The van der Waals surface area contributed by atoms with E-state index in [9.17, 15) is 18.8 Å². The molecule has 0 fully saturated rings. The number of ether oxygens (including phenoxy) is 2. The van der Waals surface area contributed by atoms with Gasteiger partial charge in [0.15, 0.2) is 5.78 Å². The molecule has 0 saturated heterocycles. The number of hydrogen-bond donors (Lipinski definition) is 1. The maximum Gasteiger partial charge on any atom is 0.262 e. The predicted octanol–water partition coefficient (Wildman–Crippen LogP) is 30.9. The standard InChI is InChI=1S/C20H20ClNO2.C16H16N2.C16H16O.C15H16ClN.C15H15F.C14H14OS.C14H16O.H2/c1-12(2)19-13(3)22(18-10-9-16(24-4)11-17(18)19)20(23)14-5-7-15(21)8-6-14;1-12(2)13-6-8-14(9-7-13)15-11-18-10-4-3-5-16(18)17-15;1-12(2)14-9-6-10-15(11-14)16(17)13-7-4-3-5-8-13;1-9(2)10-3-5-12-13-8-11(16)4-6-14(13)17-15(12)7-10;1-11(2)13-8-9-14(15(16)10-13)12-6-4-3-5-7-12;1-10(2)12-8-9-13(16-12)14(15)11-6-4-3-5-7-11;1-10(2)11-4-5-13-9-14(15-3)7-6-12(13)8-11;/h5-12H,1-4H3;3-12H,1-2H3;3-12H,1-2H3;3-9,12,15,17H,1-2H3;3-11H,1-2H3;3-10H,1-2H3;4-10H,1-3H3;1H. The molecule has 2 atom stereocenters. The van der Waals surface area contributed by atoms with Gasteiger partial charge in [-0.3, -0.25) is 19.0 Å². The molecule has 0 radical (unpaired) electrons. The number of thiophene rings is 1. The number of anilines is 1. The van der Waals surface area contributed by atoms with Crippen LogP contribution in [0.1, 0.15) is 225 Å². The van der Waals surface area contributed by atoms with E-state index < -0.39 is 0 Å². The number of benzene rings is 11. The summed E-state index contributed by atoms with van der Waals surface area (Å²) in [5.74, 6) is 5.50. The molecular formula is C110H115Cl2FN4O5S. The Balaban J connectivity index is 0.000000152. The summed E-state index contributed by atoms with van der Waals surface area (Å²) < 4.78 is 28.3. The molecule has 0 bridgehead atoms. The van der Waals surface area contributed by atoms with Crippen LogP contribution in [-0.2, 0) is 0 Å². The Hall–Kier alpha value is -12.0. The normalized spacial score (nSPS) is 12.9. The van der Waals surface area contributed by atoms with Crippen molar-refractivity contribution < 1.29 is 29.7 Å². The smallest absolute Gasteiger partial charge is 0.262 e. The minimum Gasteiger partial charge on any atom is -0.497 e. The Bertz CT molecular complexity index is 6090. The fourth-order valence-corrected chi connectivity index (χ4v) is 16.1. The second-order valence-corrected chi connectivity index (χ2v) is 35.1. The number of pyridine rings is 1. The number of carbonyl (C=O) groups excluding carboxylic acids is 3. The van der Waals surface area contributed by atoms with E-state index in [1.54, 1.807) is 60.5 Å². The second-order valence-electron chi connectivity index (χ2n) is 33.1. The zero-order chi connectivity index (χ0) is 88.1. The predicted molar refractivity (Wildman–Crippen MR) is 518 cm³/mol. The first-order valence-electron chi connectivity index (χ1n) is 42.4. The monoisotopic (exact) mass is 1690 g/mol. The van der Waals surface area contributed by atoms with Gasteiger partial charge in [-0.1, -0.05) is 314 Å². The molecule has 0 spiro atoms. The maximum atomic E-state index is 13.9. The summed E-state index contributed by atoms with van der Waals surface area (Å²) >= 11 is 13.6. The van der Waals surface area contributed by atoms with Crippen molar-refractivity contribution >= 4 is 85.0 Å². The lowest BCUT2D eigenvalue weighted by Gasteiger charge is -2.21. The second kappa shape index (κ2) is 43.2. The average Bonchev–Trinajstić information content (AvgIpc) is 1.60. The SMILES string of the molecule is CC(C)C1=CC2Nc3ccc(Cl)cc3C2C=C1.CC(C)c1ccc(-c2ccccc2)c(F)c1.CC(C)c1ccc(-c2cn3ccccc3n2)cc1.CC(C)c1ccc(C(=O)c2ccccc2)s1.CC(C)c1cccc(C(=O)c2ccccc2)c1.COc1ccc2c(c1)c(C(C)C)c(C)n2C(=O)c1ccc(Cl)cc1.COc1ccc2cc(C(C)C)ccc2c1.[HH]. The molecule has 632 valence electrons. The van der Waals surface area contributed by atoms with Gasteiger partial charge in [0.05, 0.1) is 36.3 Å². The minimum atomic E-state index is -0.141. The first-order valence-corrected chi connectivity index (χ1v) is 44.0.